The highest BCUT2D eigenvalue weighted by atomic mass is 16.5. The Hall–Kier alpha value is -1.85. The van der Waals surface area contributed by atoms with E-state index in [0.29, 0.717) is 17.5 Å². The minimum atomic E-state index is -0.450. The molecule has 1 aromatic rings. The predicted molar refractivity (Wildman–Crippen MR) is 74.7 cm³/mol. The van der Waals surface area contributed by atoms with Crippen molar-refractivity contribution in [1.29, 1.82) is 0 Å². The summed E-state index contributed by atoms with van der Waals surface area (Å²) in [5, 5.41) is 3.06. The van der Waals surface area contributed by atoms with Gasteiger partial charge in [-0.2, -0.15) is 0 Å². The van der Waals surface area contributed by atoms with Crippen molar-refractivity contribution in [3.8, 4) is 0 Å². The number of hydrogen-bond donors (Lipinski definition) is 2. The van der Waals surface area contributed by atoms with Gasteiger partial charge in [0.05, 0.1) is 7.11 Å². The number of methoxy groups -OCH3 is 1. The van der Waals surface area contributed by atoms with Crippen molar-refractivity contribution < 1.29 is 9.53 Å². The fraction of sp³-hybridized carbons (Fsp3) is 0.615. The van der Waals surface area contributed by atoms with Crippen molar-refractivity contribution in [2.24, 2.45) is 5.92 Å². The Morgan fingerprint density at radius 3 is 2.68 bits per heavy atom. The normalized spacial score (nSPS) is 12.3. The zero-order valence-electron chi connectivity index (χ0n) is 11.9. The molecular weight excluding hydrogens is 244 g/mol. The van der Waals surface area contributed by atoms with E-state index in [2.05, 4.69) is 15.3 Å². The fourth-order valence-corrected chi connectivity index (χ4v) is 1.71. The van der Waals surface area contributed by atoms with Crippen molar-refractivity contribution in [3.63, 3.8) is 0 Å². The molecule has 0 saturated heterocycles. The number of nitrogens with zero attached hydrogens (tertiary/aromatic N) is 2. The van der Waals surface area contributed by atoms with Crippen LogP contribution in [-0.2, 0) is 16.0 Å². The van der Waals surface area contributed by atoms with Crippen molar-refractivity contribution in [2.45, 2.75) is 39.7 Å². The van der Waals surface area contributed by atoms with Crippen LogP contribution in [0.2, 0.25) is 0 Å². The van der Waals surface area contributed by atoms with Crippen molar-refractivity contribution >= 4 is 17.6 Å². The SMILES string of the molecule is CCCc1nc(N)cc(NC(C(=O)OC)C(C)C)n1. The molecule has 1 rings (SSSR count). The molecule has 1 aromatic heterocycles. The summed E-state index contributed by atoms with van der Waals surface area (Å²) >= 11 is 0. The zero-order valence-corrected chi connectivity index (χ0v) is 11.9. The van der Waals surface area contributed by atoms with E-state index in [1.165, 1.54) is 7.11 Å². The summed E-state index contributed by atoms with van der Waals surface area (Å²) in [5.41, 5.74) is 5.74. The third-order valence-corrected chi connectivity index (χ3v) is 2.69. The highest BCUT2D eigenvalue weighted by molar-refractivity contribution is 5.79. The topological polar surface area (TPSA) is 90.1 Å². The minimum Gasteiger partial charge on any atom is -0.467 e. The number of nitrogen functional groups attached to an aromatic ring is 1. The van der Waals surface area contributed by atoms with E-state index in [1.807, 2.05) is 20.8 Å². The number of ether oxygens (including phenoxy) is 1. The van der Waals surface area contributed by atoms with Gasteiger partial charge >= 0.3 is 5.97 Å². The van der Waals surface area contributed by atoms with Crippen LogP contribution in [0.15, 0.2) is 6.07 Å². The number of esters is 1. The van der Waals surface area contributed by atoms with E-state index < -0.39 is 6.04 Å². The molecule has 3 N–H and O–H groups in total. The summed E-state index contributed by atoms with van der Waals surface area (Å²) in [6, 6.07) is 1.17. The Kier molecular flexibility index (Phi) is 5.54. The maximum absolute atomic E-state index is 11.7. The van der Waals surface area contributed by atoms with Gasteiger partial charge in [-0.15, -0.1) is 0 Å². The van der Waals surface area contributed by atoms with Crippen molar-refractivity contribution in [2.75, 3.05) is 18.2 Å². The Balaban J connectivity index is 2.92. The molecule has 0 aromatic carbocycles. The van der Waals surface area contributed by atoms with Crippen LogP contribution in [0, 0.1) is 5.92 Å². The number of hydrogen-bond acceptors (Lipinski definition) is 6. The molecule has 6 heteroatoms. The number of carbonyl (C=O) groups excluding carboxylic acids is 1. The lowest BCUT2D eigenvalue weighted by atomic mass is 10.0. The first-order valence-corrected chi connectivity index (χ1v) is 6.45. The quantitative estimate of drug-likeness (QED) is 0.760. The standard InChI is InChI=1S/C13H22N4O2/c1-5-6-10-15-9(14)7-11(16-10)17-12(8(2)3)13(18)19-4/h7-8,12H,5-6H2,1-4H3,(H3,14,15,16,17). The molecule has 6 nitrogen and oxygen atoms in total. The van der Waals surface area contributed by atoms with Crippen molar-refractivity contribution in [3.05, 3.63) is 11.9 Å². The van der Waals surface area contributed by atoms with Crippen LogP contribution in [0.4, 0.5) is 11.6 Å². The number of anilines is 2. The minimum absolute atomic E-state index is 0.0817. The van der Waals surface area contributed by atoms with Gasteiger partial charge in [0.25, 0.3) is 0 Å². The second-order valence-corrected chi connectivity index (χ2v) is 4.73. The molecule has 0 bridgehead atoms. The maximum Gasteiger partial charge on any atom is 0.328 e. The van der Waals surface area contributed by atoms with Gasteiger partial charge < -0.3 is 15.8 Å². The molecule has 0 amide bonds. The van der Waals surface area contributed by atoms with Crippen LogP contribution >= 0.6 is 0 Å². The summed E-state index contributed by atoms with van der Waals surface area (Å²) in [4.78, 5) is 20.2. The molecule has 1 atom stereocenters. The highest BCUT2D eigenvalue weighted by Crippen LogP contribution is 2.14. The molecule has 0 saturated carbocycles. The first-order chi connectivity index (χ1) is 8.97. The number of nitrogens with one attached hydrogen (secondary N) is 1. The lowest BCUT2D eigenvalue weighted by Gasteiger charge is -2.20. The Morgan fingerprint density at radius 2 is 2.16 bits per heavy atom. The van der Waals surface area contributed by atoms with Crippen LogP contribution in [-0.4, -0.2) is 29.1 Å². The highest BCUT2D eigenvalue weighted by Gasteiger charge is 2.23. The van der Waals surface area contributed by atoms with E-state index in [1.54, 1.807) is 6.07 Å². The third kappa shape index (κ3) is 4.39. The number of carbonyl (C=O) groups is 1. The van der Waals surface area contributed by atoms with Gasteiger partial charge in [0.2, 0.25) is 0 Å². The Bertz CT molecular complexity index is 435. The number of aryl methyl sites for hydroxylation is 1. The molecule has 0 aliphatic carbocycles. The molecule has 0 fully saturated rings. The van der Waals surface area contributed by atoms with E-state index in [4.69, 9.17) is 10.5 Å². The zero-order chi connectivity index (χ0) is 14.4. The number of aromatic nitrogens is 2. The third-order valence-electron chi connectivity index (χ3n) is 2.69. The van der Waals surface area contributed by atoms with E-state index in [-0.39, 0.29) is 11.9 Å². The maximum atomic E-state index is 11.7. The van der Waals surface area contributed by atoms with E-state index in [0.717, 1.165) is 12.8 Å². The van der Waals surface area contributed by atoms with Crippen LogP contribution < -0.4 is 11.1 Å². The average Bonchev–Trinajstić information content (AvgIpc) is 2.34. The smallest absolute Gasteiger partial charge is 0.328 e. The van der Waals surface area contributed by atoms with E-state index in [9.17, 15) is 4.79 Å². The molecule has 19 heavy (non-hydrogen) atoms. The molecule has 1 unspecified atom stereocenters. The van der Waals surface area contributed by atoms with Crippen LogP contribution in [0.3, 0.4) is 0 Å². The number of nitrogens with two attached hydrogens (primary N) is 1. The predicted octanol–water partition coefficient (Wildman–Crippen LogP) is 1.62. The molecule has 0 radical (unpaired) electrons. The van der Waals surface area contributed by atoms with Gasteiger partial charge in [0.1, 0.15) is 23.5 Å². The van der Waals surface area contributed by atoms with Gasteiger partial charge in [-0.1, -0.05) is 20.8 Å². The monoisotopic (exact) mass is 266 g/mol. The first kappa shape index (κ1) is 15.2. The summed E-state index contributed by atoms with van der Waals surface area (Å²) in [6.45, 7) is 5.92. The second-order valence-electron chi connectivity index (χ2n) is 4.73. The summed E-state index contributed by atoms with van der Waals surface area (Å²) in [6.07, 6.45) is 1.69. The van der Waals surface area contributed by atoms with Gasteiger partial charge in [-0.3, -0.25) is 0 Å². The molecule has 0 aliphatic heterocycles. The summed E-state index contributed by atoms with van der Waals surface area (Å²) < 4.78 is 4.78. The largest absolute Gasteiger partial charge is 0.467 e. The van der Waals surface area contributed by atoms with Gasteiger partial charge in [0, 0.05) is 12.5 Å². The van der Waals surface area contributed by atoms with E-state index >= 15 is 0 Å². The van der Waals surface area contributed by atoms with Gasteiger partial charge in [-0.25, -0.2) is 14.8 Å². The second kappa shape index (κ2) is 6.92. The molecule has 0 spiro atoms. The molecule has 1 heterocycles. The summed E-state index contributed by atoms with van der Waals surface area (Å²) in [7, 11) is 1.37. The van der Waals surface area contributed by atoms with Crippen LogP contribution in [0.5, 0.6) is 0 Å². The number of rotatable bonds is 6. The first-order valence-electron chi connectivity index (χ1n) is 6.45. The Labute approximate surface area is 113 Å². The van der Waals surface area contributed by atoms with Crippen LogP contribution in [0.25, 0.3) is 0 Å². The lowest BCUT2D eigenvalue weighted by molar-refractivity contribution is -0.142. The summed E-state index contributed by atoms with van der Waals surface area (Å²) in [5.74, 6) is 1.40. The average molecular weight is 266 g/mol. The molecular formula is C13H22N4O2. The molecule has 0 aliphatic rings. The van der Waals surface area contributed by atoms with Gasteiger partial charge in [0.15, 0.2) is 0 Å². The van der Waals surface area contributed by atoms with Crippen molar-refractivity contribution in [1.82, 2.24) is 9.97 Å². The van der Waals surface area contributed by atoms with Gasteiger partial charge in [-0.05, 0) is 12.3 Å². The Morgan fingerprint density at radius 1 is 1.47 bits per heavy atom. The molecule has 106 valence electrons. The fourth-order valence-electron chi connectivity index (χ4n) is 1.71. The lowest BCUT2D eigenvalue weighted by Crippen LogP contribution is -2.35. The van der Waals surface area contributed by atoms with Crippen LogP contribution in [0.1, 0.15) is 33.0 Å².